The number of carbonyl (C=O) groups is 2. The van der Waals surface area contributed by atoms with Crippen LogP contribution in [0.15, 0.2) is 0 Å². The van der Waals surface area contributed by atoms with E-state index in [2.05, 4.69) is 5.32 Å². The minimum atomic E-state index is -0.836. The molecule has 2 aliphatic rings. The number of aliphatic hydroxyl groups excluding tert-OH is 3. The number of urea groups is 1. The SMILES string of the molecule is O=C1NC(=O)N([C@H]2C[C@H](O)[C@@H](CO)O2)CC1CCO. The van der Waals surface area contributed by atoms with Gasteiger partial charge in [0, 0.05) is 19.6 Å². The molecule has 4 atom stereocenters. The summed E-state index contributed by atoms with van der Waals surface area (Å²) in [6.07, 6.45) is -1.77. The maximum atomic E-state index is 11.8. The van der Waals surface area contributed by atoms with Crippen LogP contribution in [-0.2, 0) is 9.53 Å². The number of rotatable bonds is 4. The van der Waals surface area contributed by atoms with Gasteiger partial charge in [-0.2, -0.15) is 0 Å². The quantitative estimate of drug-likeness (QED) is 0.471. The first-order valence-corrected chi connectivity index (χ1v) is 6.23. The second-order valence-corrected chi connectivity index (χ2v) is 4.77. The van der Waals surface area contributed by atoms with Crippen molar-refractivity contribution in [3.05, 3.63) is 0 Å². The summed E-state index contributed by atoms with van der Waals surface area (Å²) in [5.74, 6) is -0.899. The van der Waals surface area contributed by atoms with E-state index < -0.39 is 36.3 Å². The number of nitrogens with zero attached hydrogens (tertiary/aromatic N) is 1. The van der Waals surface area contributed by atoms with Gasteiger partial charge in [-0.05, 0) is 6.42 Å². The number of amides is 3. The van der Waals surface area contributed by atoms with Gasteiger partial charge < -0.3 is 20.1 Å². The lowest BCUT2D eigenvalue weighted by molar-refractivity contribution is -0.130. The highest BCUT2D eigenvalue weighted by Crippen LogP contribution is 2.26. The van der Waals surface area contributed by atoms with E-state index in [-0.39, 0.29) is 32.6 Å². The van der Waals surface area contributed by atoms with Gasteiger partial charge >= 0.3 is 6.03 Å². The largest absolute Gasteiger partial charge is 0.396 e. The van der Waals surface area contributed by atoms with Gasteiger partial charge in [-0.15, -0.1) is 0 Å². The van der Waals surface area contributed by atoms with E-state index >= 15 is 0 Å². The predicted molar refractivity (Wildman–Crippen MR) is 61.8 cm³/mol. The van der Waals surface area contributed by atoms with E-state index in [0.717, 1.165) is 0 Å². The van der Waals surface area contributed by atoms with Gasteiger partial charge in [0.05, 0.1) is 18.6 Å². The number of ether oxygens (including phenoxy) is 1. The molecule has 0 saturated carbocycles. The van der Waals surface area contributed by atoms with Crippen LogP contribution in [-0.4, -0.2) is 70.4 Å². The van der Waals surface area contributed by atoms with E-state index in [4.69, 9.17) is 14.9 Å². The molecule has 0 aromatic carbocycles. The molecule has 2 heterocycles. The molecule has 0 aromatic heterocycles. The van der Waals surface area contributed by atoms with Gasteiger partial charge in [-0.25, -0.2) is 4.79 Å². The molecule has 2 fully saturated rings. The van der Waals surface area contributed by atoms with Gasteiger partial charge in [-0.1, -0.05) is 0 Å². The molecule has 8 nitrogen and oxygen atoms in total. The predicted octanol–water partition coefficient (Wildman–Crippen LogP) is -1.99. The van der Waals surface area contributed by atoms with Crippen LogP contribution in [0.1, 0.15) is 12.8 Å². The summed E-state index contributed by atoms with van der Waals surface area (Å²) in [5.41, 5.74) is 0. The second kappa shape index (κ2) is 5.83. The molecule has 108 valence electrons. The van der Waals surface area contributed by atoms with E-state index in [9.17, 15) is 14.7 Å². The summed E-state index contributed by atoms with van der Waals surface area (Å²) >= 11 is 0. The summed E-state index contributed by atoms with van der Waals surface area (Å²) in [4.78, 5) is 24.6. The summed E-state index contributed by atoms with van der Waals surface area (Å²) < 4.78 is 5.39. The van der Waals surface area contributed by atoms with Crippen LogP contribution in [0, 0.1) is 5.92 Å². The molecule has 19 heavy (non-hydrogen) atoms. The fourth-order valence-corrected chi connectivity index (χ4v) is 2.38. The van der Waals surface area contributed by atoms with Crippen molar-refractivity contribution in [1.82, 2.24) is 10.2 Å². The zero-order chi connectivity index (χ0) is 14.0. The van der Waals surface area contributed by atoms with Gasteiger partial charge in [0.15, 0.2) is 0 Å². The van der Waals surface area contributed by atoms with Gasteiger partial charge in [0.25, 0.3) is 0 Å². The number of nitrogens with one attached hydrogen (secondary N) is 1. The molecule has 1 unspecified atom stereocenters. The Hall–Kier alpha value is -1.22. The maximum absolute atomic E-state index is 11.8. The van der Waals surface area contributed by atoms with Crippen molar-refractivity contribution in [1.29, 1.82) is 0 Å². The Morgan fingerprint density at radius 1 is 1.37 bits per heavy atom. The average Bonchev–Trinajstić information content (AvgIpc) is 2.74. The minimum Gasteiger partial charge on any atom is -0.396 e. The van der Waals surface area contributed by atoms with Crippen LogP contribution in [0.3, 0.4) is 0 Å². The molecule has 4 N–H and O–H groups in total. The first kappa shape index (κ1) is 14.2. The summed E-state index contributed by atoms with van der Waals surface area (Å²) in [6, 6.07) is -0.574. The van der Waals surface area contributed by atoms with Crippen molar-refractivity contribution in [2.24, 2.45) is 5.92 Å². The summed E-state index contributed by atoms with van der Waals surface area (Å²) in [7, 11) is 0. The highest BCUT2D eigenvalue weighted by molar-refractivity contribution is 5.98. The van der Waals surface area contributed by atoms with Crippen molar-refractivity contribution in [2.45, 2.75) is 31.3 Å². The molecule has 0 aliphatic carbocycles. The minimum absolute atomic E-state index is 0.140. The van der Waals surface area contributed by atoms with Gasteiger partial charge in [-0.3, -0.25) is 15.0 Å². The van der Waals surface area contributed by atoms with Crippen LogP contribution in [0.4, 0.5) is 4.79 Å². The van der Waals surface area contributed by atoms with Crippen molar-refractivity contribution >= 4 is 11.9 Å². The summed E-state index contributed by atoms with van der Waals surface area (Å²) in [6.45, 7) is -0.333. The molecule has 2 rings (SSSR count). The third-order valence-corrected chi connectivity index (χ3v) is 3.49. The number of hydrogen-bond donors (Lipinski definition) is 4. The molecule has 0 bridgehead atoms. The van der Waals surface area contributed by atoms with Crippen LogP contribution in [0.2, 0.25) is 0 Å². The molecule has 2 saturated heterocycles. The van der Waals surface area contributed by atoms with Gasteiger partial charge in [0.1, 0.15) is 12.3 Å². The normalized spacial score (nSPS) is 35.6. The Morgan fingerprint density at radius 3 is 2.68 bits per heavy atom. The summed E-state index contributed by atoms with van der Waals surface area (Å²) in [5, 5.41) is 29.7. The van der Waals surface area contributed by atoms with Crippen molar-refractivity contribution in [3.63, 3.8) is 0 Å². The topological polar surface area (TPSA) is 119 Å². The van der Waals surface area contributed by atoms with Crippen LogP contribution in [0.25, 0.3) is 0 Å². The second-order valence-electron chi connectivity index (χ2n) is 4.77. The molecular formula is C11H18N2O6. The lowest BCUT2D eigenvalue weighted by atomic mass is 10.0. The number of hydrogen-bond acceptors (Lipinski definition) is 6. The third kappa shape index (κ3) is 2.86. The first-order valence-electron chi connectivity index (χ1n) is 6.23. The van der Waals surface area contributed by atoms with E-state index in [1.54, 1.807) is 0 Å². The Bertz CT molecular complexity index is 363. The molecular weight excluding hydrogens is 256 g/mol. The lowest BCUT2D eigenvalue weighted by Crippen LogP contribution is -2.57. The van der Waals surface area contributed by atoms with Crippen molar-refractivity contribution < 1.29 is 29.6 Å². The van der Waals surface area contributed by atoms with E-state index in [0.29, 0.717) is 0 Å². The number of imide groups is 1. The van der Waals surface area contributed by atoms with Crippen LogP contribution >= 0.6 is 0 Å². The van der Waals surface area contributed by atoms with Crippen LogP contribution in [0.5, 0.6) is 0 Å². The fraction of sp³-hybridized carbons (Fsp3) is 0.818. The molecule has 8 heteroatoms. The number of aliphatic hydroxyl groups is 3. The van der Waals surface area contributed by atoms with Crippen LogP contribution < -0.4 is 5.32 Å². The first-order chi connectivity index (χ1) is 9.06. The maximum Gasteiger partial charge on any atom is 0.326 e. The Kier molecular flexibility index (Phi) is 4.35. The Morgan fingerprint density at radius 2 is 2.11 bits per heavy atom. The molecule has 0 aromatic rings. The highest BCUT2D eigenvalue weighted by Gasteiger charge is 2.42. The van der Waals surface area contributed by atoms with E-state index in [1.807, 2.05) is 0 Å². The zero-order valence-corrected chi connectivity index (χ0v) is 10.4. The Balaban J connectivity index is 2.03. The Labute approximate surface area is 110 Å². The monoisotopic (exact) mass is 274 g/mol. The average molecular weight is 274 g/mol. The molecule has 3 amide bonds. The van der Waals surface area contributed by atoms with Gasteiger partial charge in [0.2, 0.25) is 5.91 Å². The highest BCUT2D eigenvalue weighted by atomic mass is 16.5. The lowest BCUT2D eigenvalue weighted by Gasteiger charge is -2.35. The van der Waals surface area contributed by atoms with Crippen molar-refractivity contribution in [2.75, 3.05) is 19.8 Å². The van der Waals surface area contributed by atoms with Crippen molar-refractivity contribution in [3.8, 4) is 0 Å². The fourth-order valence-electron chi connectivity index (χ4n) is 2.38. The number of carbonyl (C=O) groups excluding carboxylic acids is 2. The zero-order valence-electron chi connectivity index (χ0n) is 10.4. The van der Waals surface area contributed by atoms with E-state index in [1.165, 1.54) is 4.90 Å². The standard InChI is InChI=1S/C11H18N2O6/c14-2-1-6-4-13(11(18)12-10(6)17)9-3-7(16)8(5-15)19-9/h6-9,14-16H,1-5H2,(H,12,17,18)/t6?,7-,8+,9+/m0/s1. The molecule has 2 aliphatic heterocycles. The smallest absolute Gasteiger partial charge is 0.326 e. The molecule has 0 radical (unpaired) electrons. The third-order valence-electron chi connectivity index (χ3n) is 3.49. The molecule has 0 spiro atoms.